The first-order chi connectivity index (χ1) is 9.19. The summed E-state index contributed by atoms with van der Waals surface area (Å²) in [5, 5.41) is 3.87. The van der Waals surface area contributed by atoms with Gasteiger partial charge in [0, 0.05) is 6.54 Å². The van der Waals surface area contributed by atoms with Crippen molar-refractivity contribution in [3.05, 3.63) is 52.8 Å². The largest absolute Gasteiger partial charge is 0.494 e. The van der Waals surface area contributed by atoms with Crippen LogP contribution in [0.25, 0.3) is 0 Å². The number of benzene rings is 1. The van der Waals surface area contributed by atoms with Crippen LogP contribution in [-0.2, 0) is 6.54 Å². The summed E-state index contributed by atoms with van der Waals surface area (Å²) in [6, 6.07) is 10.0. The van der Waals surface area contributed by atoms with E-state index < -0.39 is 0 Å². The first kappa shape index (κ1) is 13.7. The monoisotopic (exact) mass is 276 g/mol. The van der Waals surface area contributed by atoms with E-state index in [-0.39, 0.29) is 0 Å². The second-order valence-corrected chi connectivity index (χ2v) is 4.62. The second kappa shape index (κ2) is 6.43. The zero-order chi connectivity index (χ0) is 13.7. The summed E-state index contributed by atoms with van der Waals surface area (Å²) in [5.41, 5.74) is 3.09. The average molecular weight is 277 g/mol. The first-order valence-electron chi connectivity index (χ1n) is 6.27. The van der Waals surface area contributed by atoms with Gasteiger partial charge < -0.3 is 10.1 Å². The molecule has 0 aliphatic rings. The number of rotatable bonds is 5. The third kappa shape index (κ3) is 3.86. The minimum absolute atomic E-state index is 0.545. The Labute approximate surface area is 118 Å². The Morgan fingerprint density at radius 3 is 2.89 bits per heavy atom. The fraction of sp³-hybridized carbons (Fsp3) is 0.267. The summed E-state index contributed by atoms with van der Waals surface area (Å²) in [6.07, 6.45) is 1.74. The number of nitrogens with one attached hydrogen (secondary N) is 1. The summed E-state index contributed by atoms with van der Waals surface area (Å²) < 4.78 is 5.48. The number of nitrogens with zero attached hydrogens (tertiary/aromatic N) is 1. The highest BCUT2D eigenvalue weighted by atomic mass is 35.5. The van der Waals surface area contributed by atoms with E-state index in [1.165, 1.54) is 5.56 Å². The highest BCUT2D eigenvalue weighted by molar-refractivity contribution is 6.30. The Balaban J connectivity index is 2.01. The molecule has 0 atom stereocenters. The molecule has 2 aromatic rings. The van der Waals surface area contributed by atoms with Crippen LogP contribution in [0.15, 0.2) is 36.5 Å². The number of halogens is 1. The van der Waals surface area contributed by atoms with E-state index >= 15 is 0 Å². The highest BCUT2D eigenvalue weighted by Crippen LogP contribution is 2.18. The van der Waals surface area contributed by atoms with Gasteiger partial charge in [0.2, 0.25) is 0 Å². The predicted molar refractivity (Wildman–Crippen MR) is 78.9 cm³/mol. The molecule has 19 heavy (non-hydrogen) atoms. The van der Waals surface area contributed by atoms with Gasteiger partial charge in [0.15, 0.2) is 0 Å². The van der Waals surface area contributed by atoms with E-state index in [1.807, 2.05) is 38.1 Å². The molecule has 1 aromatic carbocycles. The fourth-order valence-electron chi connectivity index (χ4n) is 1.77. The van der Waals surface area contributed by atoms with E-state index in [0.717, 1.165) is 23.5 Å². The summed E-state index contributed by atoms with van der Waals surface area (Å²) in [7, 11) is 0. The third-order valence-corrected chi connectivity index (χ3v) is 3.12. The van der Waals surface area contributed by atoms with Crippen LogP contribution in [0.2, 0.25) is 5.15 Å². The summed E-state index contributed by atoms with van der Waals surface area (Å²) in [4.78, 5) is 4.12. The number of aromatic nitrogens is 1. The van der Waals surface area contributed by atoms with Gasteiger partial charge in [-0.25, -0.2) is 4.98 Å². The van der Waals surface area contributed by atoms with Crippen LogP contribution in [0.1, 0.15) is 18.1 Å². The van der Waals surface area contributed by atoms with E-state index in [9.17, 15) is 0 Å². The number of ether oxygens (including phenoxy) is 1. The second-order valence-electron chi connectivity index (χ2n) is 4.27. The molecule has 0 saturated heterocycles. The first-order valence-corrected chi connectivity index (χ1v) is 6.64. The topological polar surface area (TPSA) is 34.1 Å². The lowest BCUT2D eigenvalue weighted by Gasteiger charge is -2.09. The van der Waals surface area contributed by atoms with Gasteiger partial charge in [-0.3, -0.25) is 0 Å². The Morgan fingerprint density at radius 2 is 2.16 bits per heavy atom. The maximum absolute atomic E-state index is 5.90. The molecular formula is C15H17ClN2O. The summed E-state index contributed by atoms with van der Waals surface area (Å²) >= 11 is 5.90. The molecule has 1 N–H and O–H groups in total. The molecule has 0 aliphatic carbocycles. The minimum Gasteiger partial charge on any atom is -0.494 e. The van der Waals surface area contributed by atoms with Gasteiger partial charge >= 0.3 is 0 Å². The van der Waals surface area contributed by atoms with E-state index in [0.29, 0.717) is 11.8 Å². The Hall–Kier alpha value is -1.74. The minimum atomic E-state index is 0.545. The van der Waals surface area contributed by atoms with Crippen molar-refractivity contribution in [3.8, 4) is 5.75 Å². The molecule has 1 aromatic heterocycles. The molecule has 2 rings (SSSR count). The van der Waals surface area contributed by atoms with Gasteiger partial charge in [-0.05, 0) is 43.2 Å². The summed E-state index contributed by atoms with van der Waals surface area (Å²) in [6.45, 7) is 5.32. The van der Waals surface area contributed by atoms with Crippen LogP contribution in [0, 0.1) is 6.92 Å². The van der Waals surface area contributed by atoms with Crippen molar-refractivity contribution in [1.82, 2.24) is 4.98 Å². The molecule has 3 nitrogen and oxygen atoms in total. The molecule has 0 unspecified atom stereocenters. The highest BCUT2D eigenvalue weighted by Gasteiger charge is 2.00. The van der Waals surface area contributed by atoms with Crippen LogP contribution in [0.5, 0.6) is 5.75 Å². The molecule has 0 fully saturated rings. The van der Waals surface area contributed by atoms with Crippen molar-refractivity contribution in [3.63, 3.8) is 0 Å². The molecule has 0 bridgehead atoms. The molecular weight excluding hydrogens is 260 g/mol. The van der Waals surface area contributed by atoms with E-state index in [2.05, 4.69) is 16.4 Å². The van der Waals surface area contributed by atoms with Crippen molar-refractivity contribution >= 4 is 17.3 Å². The quantitative estimate of drug-likeness (QED) is 0.837. The van der Waals surface area contributed by atoms with Gasteiger partial charge in [-0.15, -0.1) is 0 Å². The van der Waals surface area contributed by atoms with Gasteiger partial charge in [0.25, 0.3) is 0 Å². The molecule has 4 heteroatoms. The van der Waals surface area contributed by atoms with Gasteiger partial charge in [-0.2, -0.15) is 0 Å². The third-order valence-electron chi connectivity index (χ3n) is 2.72. The standard InChI is InChI=1S/C15H17ClN2O/c1-3-19-14-6-4-5-12(8-14)9-17-13-7-11(2)15(16)18-10-13/h4-8,10,17H,3,9H2,1-2H3. The van der Waals surface area contributed by atoms with Gasteiger partial charge in [-0.1, -0.05) is 23.7 Å². The van der Waals surface area contributed by atoms with Crippen molar-refractivity contribution in [2.45, 2.75) is 20.4 Å². The number of pyridine rings is 1. The van der Waals surface area contributed by atoms with Crippen LogP contribution < -0.4 is 10.1 Å². The smallest absolute Gasteiger partial charge is 0.132 e. The van der Waals surface area contributed by atoms with Crippen molar-refractivity contribution in [1.29, 1.82) is 0 Å². The zero-order valence-electron chi connectivity index (χ0n) is 11.1. The fourth-order valence-corrected chi connectivity index (χ4v) is 1.87. The number of aryl methyl sites for hydroxylation is 1. The van der Waals surface area contributed by atoms with Crippen molar-refractivity contribution in [2.24, 2.45) is 0 Å². The molecule has 0 spiro atoms. The number of hydrogen-bond donors (Lipinski definition) is 1. The lowest BCUT2D eigenvalue weighted by molar-refractivity contribution is 0.340. The average Bonchev–Trinajstić information content (AvgIpc) is 2.41. The molecule has 0 radical (unpaired) electrons. The lowest BCUT2D eigenvalue weighted by atomic mass is 10.2. The maximum Gasteiger partial charge on any atom is 0.132 e. The molecule has 0 saturated carbocycles. The van der Waals surface area contributed by atoms with Crippen LogP contribution >= 0.6 is 11.6 Å². The van der Waals surface area contributed by atoms with E-state index in [1.54, 1.807) is 6.20 Å². The van der Waals surface area contributed by atoms with Crippen LogP contribution in [-0.4, -0.2) is 11.6 Å². The normalized spacial score (nSPS) is 10.3. The molecule has 0 aliphatic heterocycles. The number of hydrogen-bond acceptors (Lipinski definition) is 3. The maximum atomic E-state index is 5.90. The van der Waals surface area contributed by atoms with Crippen LogP contribution in [0.4, 0.5) is 5.69 Å². The zero-order valence-corrected chi connectivity index (χ0v) is 11.9. The van der Waals surface area contributed by atoms with Gasteiger partial charge in [0.1, 0.15) is 10.9 Å². The summed E-state index contributed by atoms with van der Waals surface area (Å²) in [5.74, 6) is 0.896. The molecule has 1 heterocycles. The Kier molecular flexibility index (Phi) is 4.63. The predicted octanol–water partition coefficient (Wildman–Crippen LogP) is 4.05. The van der Waals surface area contributed by atoms with E-state index in [4.69, 9.17) is 16.3 Å². The number of anilines is 1. The van der Waals surface area contributed by atoms with Crippen molar-refractivity contribution < 1.29 is 4.74 Å². The SMILES string of the molecule is CCOc1cccc(CNc2cnc(Cl)c(C)c2)c1. The molecule has 0 amide bonds. The van der Waals surface area contributed by atoms with Gasteiger partial charge in [0.05, 0.1) is 18.5 Å². The van der Waals surface area contributed by atoms with Crippen LogP contribution in [0.3, 0.4) is 0 Å². The Morgan fingerprint density at radius 1 is 1.32 bits per heavy atom. The molecule has 100 valence electrons. The Bertz CT molecular complexity index is 558. The van der Waals surface area contributed by atoms with Crippen molar-refractivity contribution in [2.75, 3.05) is 11.9 Å². The lowest BCUT2D eigenvalue weighted by Crippen LogP contribution is -2.01.